The van der Waals surface area contributed by atoms with Crippen molar-refractivity contribution >= 4 is 76.1 Å². The number of hydrogen-bond acceptors (Lipinski definition) is 6. The van der Waals surface area contributed by atoms with Crippen LogP contribution in [0.25, 0.3) is 6.08 Å². The number of rotatable bonds is 11. The Kier molecular flexibility index (Phi) is 11.9. The maximum atomic E-state index is 13.7. The van der Waals surface area contributed by atoms with Gasteiger partial charge in [0, 0.05) is 16.1 Å². The van der Waals surface area contributed by atoms with Crippen LogP contribution in [0.1, 0.15) is 37.1 Å². The van der Waals surface area contributed by atoms with Crippen molar-refractivity contribution in [3.63, 3.8) is 0 Å². The topological polar surface area (TPSA) is 114 Å². The van der Waals surface area contributed by atoms with Gasteiger partial charge in [0.15, 0.2) is 0 Å². The Bertz CT molecular complexity index is 2010. The molecule has 0 saturated heterocycles. The number of hydrogen-bond donors (Lipinski definition) is 3. The zero-order chi connectivity index (χ0) is 34.8. The molecule has 0 aliphatic carbocycles. The van der Waals surface area contributed by atoms with Gasteiger partial charge in [-0.05, 0) is 71.8 Å². The van der Waals surface area contributed by atoms with E-state index in [1.54, 1.807) is 97.1 Å². The summed E-state index contributed by atoms with van der Waals surface area (Å²) in [6.45, 7) is 0. The van der Waals surface area contributed by atoms with Crippen molar-refractivity contribution in [1.82, 2.24) is 5.32 Å². The van der Waals surface area contributed by atoms with Gasteiger partial charge in [-0.3, -0.25) is 14.4 Å². The van der Waals surface area contributed by atoms with E-state index in [4.69, 9.17) is 27.9 Å². The summed E-state index contributed by atoms with van der Waals surface area (Å²) in [5, 5.41) is 8.22. The maximum absolute atomic E-state index is 13.7. The quantitative estimate of drug-likeness (QED) is 0.0719. The minimum absolute atomic E-state index is 0.0514. The van der Waals surface area contributed by atoms with Gasteiger partial charge in [0.2, 0.25) is 5.91 Å². The van der Waals surface area contributed by atoms with Crippen LogP contribution >= 0.6 is 35.0 Å². The Morgan fingerprint density at radius 1 is 0.735 bits per heavy atom. The number of esters is 1. The van der Waals surface area contributed by atoms with Gasteiger partial charge in [-0.2, -0.15) is 0 Å². The van der Waals surface area contributed by atoms with Crippen molar-refractivity contribution in [2.24, 2.45) is 0 Å². The lowest BCUT2D eigenvalue weighted by Crippen LogP contribution is -2.30. The van der Waals surface area contributed by atoms with Gasteiger partial charge >= 0.3 is 5.97 Å². The molecule has 11 heteroatoms. The molecule has 0 aliphatic heterocycles. The molecule has 5 aromatic rings. The fourth-order valence-corrected chi connectivity index (χ4v) is 6.05. The van der Waals surface area contributed by atoms with Crippen molar-refractivity contribution in [3.05, 3.63) is 165 Å². The third-order valence-corrected chi connectivity index (χ3v) is 9.21. The molecular weight excluding hydrogens is 681 g/mol. The van der Waals surface area contributed by atoms with Crippen molar-refractivity contribution in [2.45, 2.75) is 10.1 Å². The van der Waals surface area contributed by atoms with Crippen molar-refractivity contribution in [2.75, 3.05) is 17.7 Å². The second-order valence-electron chi connectivity index (χ2n) is 10.4. The lowest BCUT2D eigenvalue weighted by atomic mass is 10.1. The van der Waals surface area contributed by atoms with E-state index in [0.29, 0.717) is 27.5 Å². The summed E-state index contributed by atoms with van der Waals surface area (Å²) in [6.07, 6.45) is 1.45. The summed E-state index contributed by atoms with van der Waals surface area (Å²) in [4.78, 5) is 53.2. The lowest BCUT2D eigenvalue weighted by Gasteiger charge is -2.18. The molecule has 0 spiro atoms. The first-order valence-corrected chi connectivity index (χ1v) is 16.5. The van der Waals surface area contributed by atoms with Crippen LogP contribution in [0.4, 0.5) is 11.4 Å². The summed E-state index contributed by atoms with van der Waals surface area (Å²) < 4.78 is 4.87. The van der Waals surface area contributed by atoms with Gasteiger partial charge in [0.05, 0.1) is 28.4 Å². The summed E-state index contributed by atoms with van der Waals surface area (Å²) >= 11 is 13.9. The zero-order valence-electron chi connectivity index (χ0n) is 26.0. The average Bonchev–Trinajstić information content (AvgIpc) is 3.13. The minimum Gasteiger partial charge on any atom is -0.465 e. The standard InChI is InChI=1S/C38H29Cl2N3O5S/c1-48-38(47)29-16-8-9-18-31(29)42-37(46)34(24-11-4-2-5-12-24)49-28-21-19-27(20-22-28)41-36(45)32(23-26-15-10-17-30(39)33(26)40)43-35(44)25-13-6-3-7-14-25/h2-23,34H,1H3,(H,41,45)(H,42,46)(H,43,44)/b32-23-. The number of halogens is 2. The van der Waals surface area contributed by atoms with E-state index in [1.165, 1.54) is 24.9 Å². The third-order valence-electron chi connectivity index (χ3n) is 7.11. The molecule has 246 valence electrons. The SMILES string of the molecule is COC(=O)c1ccccc1NC(=O)C(Sc1ccc(NC(=O)/C(=C/c2cccc(Cl)c2Cl)NC(=O)c2ccccc2)cc1)c1ccccc1. The highest BCUT2D eigenvalue weighted by molar-refractivity contribution is 8.00. The van der Waals surface area contributed by atoms with E-state index in [-0.39, 0.29) is 22.2 Å². The monoisotopic (exact) mass is 709 g/mol. The second kappa shape index (κ2) is 16.7. The molecule has 1 unspecified atom stereocenters. The van der Waals surface area contributed by atoms with Crippen LogP contribution in [0.15, 0.2) is 138 Å². The summed E-state index contributed by atoms with van der Waals surface area (Å²) in [5.41, 5.74) is 2.53. The molecule has 8 nitrogen and oxygen atoms in total. The van der Waals surface area contributed by atoms with Crippen molar-refractivity contribution < 1.29 is 23.9 Å². The van der Waals surface area contributed by atoms with Crippen LogP contribution in [0.2, 0.25) is 10.0 Å². The number of para-hydroxylation sites is 1. The van der Waals surface area contributed by atoms with Crippen LogP contribution in [-0.2, 0) is 14.3 Å². The largest absolute Gasteiger partial charge is 0.465 e. The highest BCUT2D eigenvalue weighted by Crippen LogP contribution is 2.37. The van der Waals surface area contributed by atoms with Gasteiger partial charge in [-0.1, -0.05) is 96.0 Å². The number of nitrogens with one attached hydrogen (secondary N) is 3. The van der Waals surface area contributed by atoms with Gasteiger partial charge < -0.3 is 20.7 Å². The number of carbonyl (C=O) groups is 4. The predicted molar refractivity (Wildman–Crippen MR) is 195 cm³/mol. The molecule has 0 aromatic heterocycles. The van der Waals surface area contributed by atoms with E-state index in [9.17, 15) is 19.2 Å². The number of ether oxygens (including phenoxy) is 1. The molecule has 0 radical (unpaired) electrons. The molecule has 3 N–H and O–H groups in total. The molecule has 0 fully saturated rings. The highest BCUT2D eigenvalue weighted by atomic mass is 35.5. The number of anilines is 2. The van der Waals surface area contributed by atoms with Gasteiger partial charge in [0.25, 0.3) is 11.8 Å². The fraction of sp³-hybridized carbons (Fsp3) is 0.0526. The molecule has 49 heavy (non-hydrogen) atoms. The third kappa shape index (κ3) is 9.17. The highest BCUT2D eigenvalue weighted by Gasteiger charge is 2.24. The van der Waals surface area contributed by atoms with E-state index < -0.39 is 23.0 Å². The molecule has 0 heterocycles. The van der Waals surface area contributed by atoms with Crippen molar-refractivity contribution in [3.8, 4) is 0 Å². The number of benzene rings is 5. The van der Waals surface area contributed by atoms with Crippen LogP contribution in [0.5, 0.6) is 0 Å². The lowest BCUT2D eigenvalue weighted by molar-refractivity contribution is -0.116. The molecular formula is C38H29Cl2N3O5S. The number of thioether (sulfide) groups is 1. The fourth-order valence-electron chi connectivity index (χ4n) is 4.66. The second-order valence-corrected chi connectivity index (χ2v) is 12.4. The Morgan fingerprint density at radius 2 is 1.39 bits per heavy atom. The first kappa shape index (κ1) is 35.0. The first-order valence-electron chi connectivity index (χ1n) is 14.9. The number of carbonyl (C=O) groups excluding carboxylic acids is 4. The molecule has 1 atom stereocenters. The Morgan fingerprint density at radius 3 is 2.08 bits per heavy atom. The molecule has 5 aromatic carbocycles. The van der Waals surface area contributed by atoms with E-state index >= 15 is 0 Å². The summed E-state index contributed by atoms with van der Waals surface area (Å²) in [5.74, 6) is -1.97. The van der Waals surface area contributed by atoms with Gasteiger partial charge in [-0.15, -0.1) is 11.8 Å². The van der Waals surface area contributed by atoms with Gasteiger partial charge in [0.1, 0.15) is 10.9 Å². The smallest absolute Gasteiger partial charge is 0.339 e. The summed E-state index contributed by atoms with van der Waals surface area (Å²) in [6, 6.07) is 36.3. The average molecular weight is 711 g/mol. The molecule has 0 bridgehead atoms. The Labute approximate surface area is 297 Å². The number of methoxy groups -OCH3 is 1. The van der Waals surface area contributed by atoms with Crippen LogP contribution in [-0.4, -0.2) is 30.8 Å². The zero-order valence-corrected chi connectivity index (χ0v) is 28.3. The normalized spacial score (nSPS) is 11.6. The maximum Gasteiger partial charge on any atom is 0.339 e. The Hall–Kier alpha value is -5.35. The van der Waals surface area contributed by atoms with Crippen LogP contribution in [0, 0.1) is 0 Å². The molecule has 3 amide bonds. The van der Waals surface area contributed by atoms with Crippen molar-refractivity contribution in [1.29, 1.82) is 0 Å². The van der Waals surface area contributed by atoms with E-state index in [2.05, 4.69) is 16.0 Å². The van der Waals surface area contributed by atoms with Crippen LogP contribution in [0.3, 0.4) is 0 Å². The predicted octanol–water partition coefficient (Wildman–Crippen LogP) is 8.66. The first-order chi connectivity index (χ1) is 23.7. The van der Waals surface area contributed by atoms with E-state index in [0.717, 1.165) is 10.5 Å². The Balaban J connectivity index is 1.35. The number of amides is 3. The summed E-state index contributed by atoms with van der Waals surface area (Å²) in [7, 11) is 1.28. The minimum atomic E-state index is -0.683. The van der Waals surface area contributed by atoms with E-state index in [1.807, 2.05) is 30.3 Å². The molecule has 5 rings (SSSR count). The van der Waals surface area contributed by atoms with Crippen LogP contribution < -0.4 is 16.0 Å². The van der Waals surface area contributed by atoms with Gasteiger partial charge in [-0.25, -0.2) is 4.79 Å². The molecule has 0 saturated carbocycles. The molecule has 0 aliphatic rings.